The third kappa shape index (κ3) is 2.30. The molecule has 12 heavy (non-hydrogen) atoms. The van der Waals surface area contributed by atoms with Gasteiger partial charge in [0.2, 0.25) is 0 Å². The largest absolute Gasteiger partial charge is 0.480 e. The Morgan fingerprint density at radius 3 is 3.00 bits per heavy atom. The van der Waals surface area contributed by atoms with E-state index in [9.17, 15) is 4.79 Å². The van der Waals surface area contributed by atoms with Crippen LogP contribution in [0.4, 0.5) is 0 Å². The van der Waals surface area contributed by atoms with Crippen molar-refractivity contribution < 1.29 is 9.90 Å². The van der Waals surface area contributed by atoms with Gasteiger partial charge >= 0.3 is 5.97 Å². The van der Waals surface area contributed by atoms with Crippen LogP contribution in [0.1, 0.15) is 4.88 Å². The Balaban J connectivity index is 2.54. The standard InChI is InChI=1S/C7H10N2O2S/c8-9-6(7(10)11)4-5-2-1-3-12-5/h1-3,6,9H,4,8H2,(H,10,11). The van der Waals surface area contributed by atoms with Crippen molar-refractivity contribution in [2.45, 2.75) is 12.5 Å². The number of hydrogen-bond acceptors (Lipinski definition) is 4. The number of carboxylic acids is 1. The molecule has 1 aromatic rings. The van der Waals surface area contributed by atoms with Crippen LogP contribution in [0, 0.1) is 0 Å². The number of nitrogens with one attached hydrogen (secondary N) is 1. The predicted octanol–water partition coefficient (Wildman–Crippen LogP) is 0.207. The fourth-order valence-corrected chi connectivity index (χ4v) is 1.60. The molecule has 0 amide bonds. The molecule has 0 aliphatic rings. The Kier molecular flexibility index (Phi) is 3.21. The van der Waals surface area contributed by atoms with Crippen LogP contribution < -0.4 is 11.3 Å². The van der Waals surface area contributed by atoms with E-state index in [1.165, 1.54) is 11.3 Å². The summed E-state index contributed by atoms with van der Waals surface area (Å²) in [7, 11) is 0. The van der Waals surface area contributed by atoms with E-state index in [4.69, 9.17) is 10.9 Å². The van der Waals surface area contributed by atoms with E-state index >= 15 is 0 Å². The van der Waals surface area contributed by atoms with Crippen molar-refractivity contribution in [3.8, 4) is 0 Å². The van der Waals surface area contributed by atoms with Gasteiger partial charge in [-0.15, -0.1) is 11.3 Å². The fraction of sp³-hybridized carbons (Fsp3) is 0.286. The van der Waals surface area contributed by atoms with Gasteiger partial charge in [0.05, 0.1) is 0 Å². The van der Waals surface area contributed by atoms with E-state index in [0.717, 1.165) is 4.88 Å². The molecule has 1 heterocycles. The minimum atomic E-state index is -0.925. The van der Waals surface area contributed by atoms with Gasteiger partial charge in [-0.05, 0) is 11.4 Å². The number of hydrogen-bond donors (Lipinski definition) is 3. The molecule has 66 valence electrons. The molecule has 0 radical (unpaired) electrons. The number of hydrazine groups is 1. The number of aliphatic carboxylic acids is 1. The first kappa shape index (κ1) is 9.18. The summed E-state index contributed by atoms with van der Waals surface area (Å²) in [6.45, 7) is 0. The van der Waals surface area contributed by atoms with E-state index in [1.807, 2.05) is 17.5 Å². The summed E-state index contributed by atoms with van der Waals surface area (Å²) in [4.78, 5) is 11.5. The second kappa shape index (κ2) is 4.20. The lowest BCUT2D eigenvalue weighted by atomic mass is 10.2. The first-order valence-electron chi connectivity index (χ1n) is 3.45. The van der Waals surface area contributed by atoms with Crippen molar-refractivity contribution in [2.75, 3.05) is 0 Å². The van der Waals surface area contributed by atoms with Gasteiger partial charge in [-0.2, -0.15) is 0 Å². The van der Waals surface area contributed by atoms with Crippen LogP contribution in [0.15, 0.2) is 17.5 Å². The highest BCUT2D eigenvalue weighted by molar-refractivity contribution is 7.09. The predicted molar refractivity (Wildman–Crippen MR) is 46.8 cm³/mol. The SMILES string of the molecule is NNC(Cc1cccs1)C(=O)O. The van der Waals surface area contributed by atoms with E-state index < -0.39 is 12.0 Å². The quantitative estimate of drug-likeness (QED) is 0.464. The van der Waals surface area contributed by atoms with Crippen molar-refractivity contribution in [1.29, 1.82) is 0 Å². The molecule has 0 aliphatic heterocycles. The lowest BCUT2D eigenvalue weighted by molar-refractivity contribution is -0.139. The Hall–Kier alpha value is -0.910. The first-order chi connectivity index (χ1) is 5.74. The van der Waals surface area contributed by atoms with E-state index in [-0.39, 0.29) is 0 Å². The molecule has 1 rings (SSSR count). The van der Waals surface area contributed by atoms with Crippen molar-refractivity contribution in [3.63, 3.8) is 0 Å². The molecule has 0 aromatic carbocycles. The molecule has 0 saturated heterocycles. The van der Waals surface area contributed by atoms with E-state index in [0.29, 0.717) is 6.42 Å². The van der Waals surface area contributed by atoms with E-state index in [2.05, 4.69) is 5.43 Å². The molecule has 4 nitrogen and oxygen atoms in total. The maximum absolute atomic E-state index is 10.5. The highest BCUT2D eigenvalue weighted by atomic mass is 32.1. The van der Waals surface area contributed by atoms with E-state index in [1.54, 1.807) is 0 Å². The van der Waals surface area contributed by atoms with Gasteiger partial charge in [0.25, 0.3) is 0 Å². The van der Waals surface area contributed by atoms with Gasteiger partial charge in [-0.1, -0.05) is 6.07 Å². The number of carboxylic acid groups (broad SMARTS) is 1. The third-order valence-corrected chi connectivity index (χ3v) is 2.38. The monoisotopic (exact) mass is 186 g/mol. The smallest absolute Gasteiger partial charge is 0.322 e. The molecule has 0 fully saturated rings. The molecule has 0 saturated carbocycles. The van der Waals surface area contributed by atoms with Gasteiger partial charge in [0.1, 0.15) is 6.04 Å². The summed E-state index contributed by atoms with van der Waals surface area (Å²) in [6, 6.07) is 3.08. The van der Waals surface area contributed by atoms with Crippen molar-refractivity contribution in [3.05, 3.63) is 22.4 Å². The Labute approximate surface area is 74.0 Å². The summed E-state index contributed by atoms with van der Waals surface area (Å²) in [5.41, 5.74) is 2.25. The van der Waals surface area contributed by atoms with Crippen LogP contribution in [-0.2, 0) is 11.2 Å². The van der Waals surface area contributed by atoms with Gasteiger partial charge in [-0.25, -0.2) is 5.43 Å². The lowest BCUT2D eigenvalue weighted by Crippen LogP contribution is -2.42. The maximum atomic E-state index is 10.5. The second-order valence-corrected chi connectivity index (χ2v) is 3.37. The molecule has 4 N–H and O–H groups in total. The zero-order valence-corrected chi connectivity index (χ0v) is 7.17. The third-order valence-electron chi connectivity index (χ3n) is 1.48. The van der Waals surface area contributed by atoms with Crippen molar-refractivity contribution >= 4 is 17.3 Å². The van der Waals surface area contributed by atoms with Crippen molar-refractivity contribution in [2.24, 2.45) is 5.84 Å². The molecule has 1 atom stereocenters. The second-order valence-electron chi connectivity index (χ2n) is 2.34. The normalized spacial score (nSPS) is 12.8. The Bertz CT molecular complexity index is 248. The van der Waals surface area contributed by atoms with Crippen LogP contribution in [0.5, 0.6) is 0 Å². The van der Waals surface area contributed by atoms with Gasteiger partial charge in [0.15, 0.2) is 0 Å². The Morgan fingerprint density at radius 2 is 2.58 bits per heavy atom. The molecule has 0 aliphatic carbocycles. The topological polar surface area (TPSA) is 75.3 Å². The molecule has 5 heteroatoms. The molecular weight excluding hydrogens is 176 g/mol. The fourth-order valence-electron chi connectivity index (χ4n) is 0.847. The summed E-state index contributed by atoms with van der Waals surface area (Å²) >= 11 is 1.53. The number of rotatable bonds is 4. The average Bonchev–Trinajstić information content (AvgIpc) is 2.51. The highest BCUT2D eigenvalue weighted by Crippen LogP contribution is 2.10. The van der Waals surface area contributed by atoms with Crippen LogP contribution in [0.2, 0.25) is 0 Å². The molecular formula is C7H10N2O2S. The van der Waals surface area contributed by atoms with Gasteiger partial charge < -0.3 is 5.11 Å². The molecule has 0 bridgehead atoms. The maximum Gasteiger partial charge on any atom is 0.322 e. The summed E-state index contributed by atoms with van der Waals surface area (Å²) < 4.78 is 0. The number of nitrogens with two attached hydrogens (primary N) is 1. The van der Waals surface area contributed by atoms with Crippen LogP contribution in [0.25, 0.3) is 0 Å². The zero-order chi connectivity index (χ0) is 8.97. The summed E-state index contributed by atoms with van der Waals surface area (Å²) in [6.07, 6.45) is 0.434. The molecule has 1 aromatic heterocycles. The number of carbonyl (C=O) groups is 1. The van der Waals surface area contributed by atoms with Gasteiger partial charge in [-0.3, -0.25) is 10.6 Å². The van der Waals surface area contributed by atoms with Crippen LogP contribution >= 0.6 is 11.3 Å². The average molecular weight is 186 g/mol. The van der Waals surface area contributed by atoms with Crippen LogP contribution in [0.3, 0.4) is 0 Å². The molecule has 1 unspecified atom stereocenters. The number of thiophene rings is 1. The minimum Gasteiger partial charge on any atom is -0.480 e. The van der Waals surface area contributed by atoms with Crippen LogP contribution in [-0.4, -0.2) is 17.1 Å². The molecule has 0 spiro atoms. The summed E-state index contributed by atoms with van der Waals surface area (Å²) in [5, 5.41) is 10.5. The van der Waals surface area contributed by atoms with Gasteiger partial charge in [0, 0.05) is 11.3 Å². The summed E-state index contributed by atoms with van der Waals surface area (Å²) in [5.74, 6) is 4.14. The lowest BCUT2D eigenvalue weighted by Gasteiger charge is -2.08. The minimum absolute atomic E-state index is 0.434. The Morgan fingerprint density at radius 1 is 1.83 bits per heavy atom. The first-order valence-corrected chi connectivity index (χ1v) is 4.33. The highest BCUT2D eigenvalue weighted by Gasteiger charge is 2.15. The zero-order valence-electron chi connectivity index (χ0n) is 6.36. The van der Waals surface area contributed by atoms with Crippen molar-refractivity contribution in [1.82, 2.24) is 5.43 Å².